The Kier molecular flexibility index (Phi) is 3.48. The van der Waals surface area contributed by atoms with Crippen molar-refractivity contribution < 1.29 is 18.9 Å². The summed E-state index contributed by atoms with van der Waals surface area (Å²) in [5.41, 5.74) is 5.27. The van der Waals surface area contributed by atoms with E-state index < -0.39 is 13.9 Å². The summed E-state index contributed by atoms with van der Waals surface area (Å²) in [5.74, 6) is 0. The second-order valence-corrected chi connectivity index (χ2v) is 3.35. The Hall–Kier alpha value is 0.0700. The van der Waals surface area contributed by atoms with E-state index in [9.17, 15) is 4.57 Å². The van der Waals surface area contributed by atoms with Crippen molar-refractivity contribution in [3.8, 4) is 0 Å². The highest BCUT2D eigenvalue weighted by Crippen LogP contribution is 2.37. The fourth-order valence-electron chi connectivity index (χ4n) is 0.313. The summed E-state index contributed by atoms with van der Waals surface area (Å²) in [6.45, 7) is 3.12. The zero-order valence-electron chi connectivity index (χ0n) is 5.89. The summed E-state index contributed by atoms with van der Waals surface area (Å²) < 4.78 is 14.4. The molecule has 0 saturated carbocycles. The molecule has 2 unspecified atom stereocenters. The van der Waals surface area contributed by atoms with Crippen molar-refractivity contribution in [3.05, 3.63) is 0 Å². The van der Waals surface area contributed by atoms with Crippen molar-refractivity contribution >= 4 is 7.82 Å². The van der Waals surface area contributed by atoms with Gasteiger partial charge in [-0.1, -0.05) is 0 Å². The summed E-state index contributed by atoms with van der Waals surface area (Å²) in [7, 11) is -4.36. The highest BCUT2D eigenvalue weighted by Gasteiger charge is 2.20. The van der Waals surface area contributed by atoms with Crippen LogP contribution in [0.25, 0.3) is 0 Å². The van der Waals surface area contributed by atoms with Gasteiger partial charge in [0.2, 0.25) is 0 Å². The molecule has 10 heavy (non-hydrogen) atoms. The predicted molar refractivity (Wildman–Crippen MR) is 36.2 cm³/mol. The molecule has 0 fully saturated rings. The van der Waals surface area contributed by atoms with Crippen molar-refractivity contribution in [1.82, 2.24) is 0 Å². The van der Waals surface area contributed by atoms with Crippen LogP contribution in [0.4, 0.5) is 0 Å². The third-order valence-electron chi connectivity index (χ3n) is 1.04. The molecule has 0 aromatic carbocycles. The first-order chi connectivity index (χ1) is 4.33. The molecule has 0 rings (SSSR count). The van der Waals surface area contributed by atoms with Gasteiger partial charge in [0, 0.05) is 6.04 Å². The summed E-state index contributed by atoms with van der Waals surface area (Å²) in [6, 6.07) is -0.382. The highest BCUT2D eigenvalue weighted by molar-refractivity contribution is 7.46. The van der Waals surface area contributed by atoms with Gasteiger partial charge in [-0.3, -0.25) is 4.52 Å². The summed E-state index contributed by atoms with van der Waals surface area (Å²) >= 11 is 0. The maximum atomic E-state index is 10.2. The summed E-state index contributed by atoms with van der Waals surface area (Å²) in [4.78, 5) is 16.5. The van der Waals surface area contributed by atoms with Crippen LogP contribution in [-0.4, -0.2) is 21.9 Å². The van der Waals surface area contributed by atoms with E-state index in [4.69, 9.17) is 15.5 Å². The zero-order chi connectivity index (χ0) is 8.36. The van der Waals surface area contributed by atoms with Crippen LogP contribution in [0.15, 0.2) is 0 Å². The molecule has 0 aliphatic rings. The number of hydrogen-bond acceptors (Lipinski definition) is 3. The molecule has 0 saturated heterocycles. The topological polar surface area (TPSA) is 92.8 Å². The zero-order valence-corrected chi connectivity index (χ0v) is 6.78. The molecular weight excluding hydrogens is 157 g/mol. The lowest BCUT2D eigenvalue weighted by Gasteiger charge is -2.16. The van der Waals surface area contributed by atoms with Crippen LogP contribution >= 0.6 is 7.82 Å². The predicted octanol–water partition coefficient (Wildman–Crippen LogP) is -0.169. The number of phosphoric acid groups is 1. The molecule has 0 aromatic rings. The minimum absolute atomic E-state index is 0.382. The van der Waals surface area contributed by atoms with Gasteiger partial charge in [-0.25, -0.2) is 4.57 Å². The first-order valence-corrected chi connectivity index (χ1v) is 4.35. The van der Waals surface area contributed by atoms with Crippen molar-refractivity contribution in [3.63, 3.8) is 0 Å². The van der Waals surface area contributed by atoms with E-state index in [1.807, 2.05) is 0 Å². The molecule has 5 nitrogen and oxygen atoms in total. The van der Waals surface area contributed by atoms with Crippen LogP contribution in [0, 0.1) is 0 Å². The van der Waals surface area contributed by atoms with Gasteiger partial charge in [0.25, 0.3) is 0 Å². The smallest absolute Gasteiger partial charge is 0.326 e. The molecule has 0 aliphatic heterocycles. The van der Waals surface area contributed by atoms with Crippen molar-refractivity contribution in [2.24, 2.45) is 5.73 Å². The molecular formula is C4H12NO4P. The standard InChI is InChI=1S/C4H12NO4P/c1-3(5)4(2)9-10(6,7)8/h3-4H,5H2,1-2H3,(H2,6,7,8). The molecule has 0 aliphatic carbocycles. The maximum Gasteiger partial charge on any atom is 0.469 e. The summed E-state index contributed by atoms with van der Waals surface area (Å²) in [5, 5.41) is 0. The molecule has 0 radical (unpaired) electrons. The lowest BCUT2D eigenvalue weighted by atomic mass is 10.2. The molecule has 2 atom stereocenters. The van der Waals surface area contributed by atoms with Crippen molar-refractivity contribution in [1.29, 1.82) is 0 Å². The van der Waals surface area contributed by atoms with E-state index >= 15 is 0 Å². The minimum atomic E-state index is -4.36. The van der Waals surface area contributed by atoms with Crippen molar-refractivity contribution in [2.45, 2.75) is 26.0 Å². The molecule has 0 bridgehead atoms. The van der Waals surface area contributed by atoms with Gasteiger partial charge in [0.15, 0.2) is 0 Å². The van der Waals surface area contributed by atoms with E-state index in [-0.39, 0.29) is 6.04 Å². The van der Waals surface area contributed by atoms with Crippen LogP contribution in [0.3, 0.4) is 0 Å². The lowest BCUT2D eigenvalue weighted by Crippen LogP contribution is -2.30. The van der Waals surface area contributed by atoms with Crippen LogP contribution in [0.2, 0.25) is 0 Å². The first kappa shape index (κ1) is 10.1. The Morgan fingerprint density at radius 2 is 1.90 bits per heavy atom. The second kappa shape index (κ2) is 3.46. The van der Waals surface area contributed by atoms with Crippen LogP contribution in [-0.2, 0) is 9.09 Å². The Bertz CT molecular complexity index is 142. The molecule has 62 valence electrons. The number of hydrogen-bond donors (Lipinski definition) is 3. The third kappa shape index (κ3) is 4.90. The largest absolute Gasteiger partial charge is 0.469 e. The van der Waals surface area contributed by atoms with Gasteiger partial charge in [0.1, 0.15) is 0 Å². The Morgan fingerprint density at radius 3 is 2.00 bits per heavy atom. The van der Waals surface area contributed by atoms with Gasteiger partial charge < -0.3 is 15.5 Å². The Morgan fingerprint density at radius 1 is 1.50 bits per heavy atom. The highest BCUT2D eigenvalue weighted by atomic mass is 31.2. The number of phosphoric ester groups is 1. The number of rotatable bonds is 3. The number of nitrogens with two attached hydrogens (primary N) is 1. The molecule has 0 amide bonds. The second-order valence-electron chi connectivity index (χ2n) is 2.16. The molecule has 6 heteroatoms. The normalized spacial score (nSPS) is 18.5. The van der Waals surface area contributed by atoms with Crippen LogP contribution in [0.5, 0.6) is 0 Å². The quantitative estimate of drug-likeness (QED) is 0.510. The van der Waals surface area contributed by atoms with Gasteiger partial charge >= 0.3 is 7.82 Å². The lowest BCUT2D eigenvalue weighted by molar-refractivity contribution is 0.130. The summed E-state index contributed by atoms with van der Waals surface area (Å²) in [6.07, 6.45) is -0.624. The maximum absolute atomic E-state index is 10.2. The van der Waals surface area contributed by atoms with Crippen LogP contribution < -0.4 is 5.73 Å². The Balaban J connectivity index is 3.80. The SMILES string of the molecule is CC(N)C(C)OP(=O)(O)O. The van der Waals surface area contributed by atoms with Crippen LogP contribution in [0.1, 0.15) is 13.8 Å². The van der Waals surface area contributed by atoms with Gasteiger partial charge in [-0.15, -0.1) is 0 Å². The van der Waals surface area contributed by atoms with Gasteiger partial charge in [0.05, 0.1) is 6.10 Å². The minimum Gasteiger partial charge on any atom is -0.326 e. The average molecular weight is 169 g/mol. The molecule has 0 spiro atoms. The van der Waals surface area contributed by atoms with Gasteiger partial charge in [-0.05, 0) is 13.8 Å². The molecule has 4 N–H and O–H groups in total. The monoisotopic (exact) mass is 169 g/mol. The third-order valence-corrected chi connectivity index (χ3v) is 1.65. The molecule has 0 heterocycles. The fourth-order valence-corrected chi connectivity index (χ4v) is 0.938. The Labute approximate surface area is 59.4 Å². The van der Waals surface area contributed by atoms with Crippen molar-refractivity contribution in [2.75, 3.05) is 0 Å². The molecule has 0 aromatic heterocycles. The van der Waals surface area contributed by atoms with E-state index in [1.165, 1.54) is 6.92 Å². The van der Waals surface area contributed by atoms with E-state index in [0.717, 1.165) is 0 Å². The van der Waals surface area contributed by atoms with E-state index in [2.05, 4.69) is 4.52 Å². The van der Waals surface area contributed by atoms with E-state index in [0.29, 0.717) is 0 Å². The first-order valence-electron chi connectivity index (χ1n) is 2.82. The average Bonchev–Trinajstić information content (AvgIpc) is 1.60. The van der Waals surface area contributed by atoms with Gasteiger partial charge in [-0.2, -0.15) is 0 Å². The fraction of sp³-hybridized carbons (Fsp3) is 1.00. The van der Waals surface area contributed by atoms with E-state index in [1.54, 1.807) is 6.92 Å².